The van der Waals surface area contributed by atoms with Crippen molar-refractivity contribution in [3.8, 4) is 0 Å². The van der Waals surface area contributed by atoms with Gasteiger partial charge in [-0.3, -0.25) is 14.2 Å². The molecule has 0 aliphatic heterocycles. The number of aromatic nitrogens is 5. The number of carbonyl (C=O) groups excluding carboxylic acids is 1. The number of carbonyl (C=O) groups is 1. The van der Waals surface area contributed by atoms with Gasteiger partial charge in [0.25, 0.3) is 11.5 Å². The summed E-state index contributed by atoms with van der Waals surface area (Å²) in [6.07, 6.45) is 6.39. The van der Waals surface area contributed by atoms with Crippen LogP contribution in [-0.2, 0) is 13.1 Å². The molecule has 10 heteroatoms. The first kappa shape index (κ1) is 20.7. The van der Waals surface area contributed by atoms with Gasteiger partial charge in [-0.05, 0) is 36.1 Å². The average molecular weight is 438 g/mol. The molecule has 4 rings (SSSR count). The first-order chi connectivity index (χ1) is 15.1. The quantitative estimate of drug-likeness (QED) is 0.445. The van der Waals surface area contributed by atoms with Gasteiger partial charge in [0, 0.05) is 12.7 Å². The van der Waals surface area contributed by atoms with Gasteiger partial charge in [0.05, 0.1) is 24.8 Å². The molecule has 4 aromatic rings. The Morgan fingerprint density at radius 1 is 1.23 bits per heavy atom. The topological polar surface area (TPSA) is 94.7 Å². The first-order valence-corrected chi connectivity index (χ1v) is 10.7. The van der Waals surface area contributed by atoms with Crippen LogP contribution >= 0.6 is 11.8 Å². The highest BCUT2D eigenvalue weighted by Gasteiger charge is 2.13. The van der Waals surface area contributed by atoms with E-state index < -0.39 is 0 Å². The fourth-order valence-corrected chi connectivity index (χ4v) is 3.75. The van der Waals surface area contributed by atoms with E-state index in [4.69, 9.17) is 0 Å². The van der Waals surface area contributed by atoms with Crippen molar-refractivity contribution < 1.29 is 9.18 Å². The second kappa shape index (κ2) is 9.09. The number of amides is 1. The molecule has 3 heterocycles. The summed E-state index contributed by atoms with van der Waals surface area (Å²) in [4.78, 5) is 33.7. The van der Waals surface area contributed by atoms with Gasteiger partial charge in [-0.2, -0.15) is 5.10 Å². The van der Waals surface area contributed by atoms with Crippen LogP contribution in [0, 0.1) is 5.82 Å². The van der Waals surface area contributed by atoms with Crippen LogP contribution in [0.3, 0.4) is 0 Å². The fraction of sp³-hybridized carbons (Fsp3) is 0.190. The monoisotopic (exact) mass is 438 g/mol. The Balaban J connectivity index is 1.46. The lowest BCUT2D eigenvalue weighted by Crippen LogP contribution is -2.28. The lowest BCUT2D eigenvalue weighted by atomic mass is 10.2. The van der Waals surface area contributed by atoms with E-state index >= 15 is 0 Å². The third-order valence-corrected chi connectivity index (χ3v) is 5.39. The molecule has 31 heavy (non-hydrogen) atoms. The van der Waals surface area contributed by atoms with E-state index in [0.717, 1.165) is 0 Å². The number of thioether (sulfide) groups is 1. The van der Waals surface area contributed by atoms with Gasteiger partial charge in [-0.25, -0.2) is 19.0 Å². The standard InChI is InChI=1S/C21H19FN6O2S/c1-31-20-16(6-3-7-24-20)19(29)23-8-9-28-18-17(11-26-28)21(30)27(13-25-18)12-14-4-2-5-15(22)10-14/h2-7,10-11,13H,8-9,12H2,1H3,(H,23,29). The average Bonchev–Trinajstić information content (AvgIpc) is 3.19. The highest BCUT2D eigenvalue weighted by Crippen LogP contribution is 2.16. The van der Waals surface area contributed by atoms with Gasteiger partial charge in [0.2, 0.25) is 0 Å². The van der Waals surface area contributed by atoms with Crippen molar-refractivity contribution in [1.29, 1.82) is 0 Å². The Hall–Kier alpha value is -3.53. The Labute approximate surface area is 181 Å². The zero-order valence-corrected chi connectivity index (χ0v) is 17.5. The summed E-state index contributed by atoms with van der Waals surface area (Å²) in [6.45, 7) is 0.875. The van der Waals surface area contributed by atoms with Gasteiger partial charge < -0.3 is 5.32 Å². The van der Waals surface area contributed by atoms with Crippen molar-refractivity contribution in [2.24, 2.45) is 0 Å². The maximum atomic E-state index is 13.4. The minimum atomic E-state index is -0.356. The van der Waals surface area contributed by atoms with Crippen molar-refractivity contribution in [3.05, 3.63) is 82.4 Å². The predicted molar refractivity (Wildman–Crippen MR) is 116 cm³/mol. The number of hydrogen-bond acceptors (Lipinski definition) is 6. The van der Waals surface area contributed by atoms with E-state index in [0.29, 0.717) is 40.3 Å². The summed E-state index contributed by atoms with van der Waals surface area (Å²) in [6, 6.07) is 9.52. The van der Waals surface area contributed by atoms with Crippen LogP contribution in [0.15, 0.2) is 64.9 Å². The lowest BCUT2D eigenvalue weighted by Gasteiger charge is -2.09. The number of nitrogens with one attached hydrogen (secondary N) is 1. The molecule has 0 atom stereocenters. The van der Waals surface area contributed by atoms with Crippen molar-refractivity contribution in [1.82, 2.24) is 29.6 Å². The van der Waals surface area contributed by atoms with Gasteiger partial charge in [0.15, 0.2) is 5.65 Å². The van der Waals surface area contributed by atoms with Gasteiger partial charge in [0.1, 0.15) is 22.6 Å². The number of pyridine rings is 1. The summed E-state index contributed by atoms with van der Waals surface area (Å²) in [5, 5.41) is 8.10. The van der Waals surface area contributed by atoms with Crippen LogP contribution in [0.5, 0.6) is 0 Å². The molecule has 3 aromatic heterocycles. The van der Waals surface area contributed by atoms with Crippen molar-refractivity contribution >= 4 is 28.7 Å². The van der Waals surface area contributed by atoms with E-state index in [1.807, 2.05) is 6.26 Å². The maximum absolute atomic E-state index is 13.4. The van der Waals surface area contributed by atoms with Gasteiger partial charge in [-0.15, -0.1) is 11.8 Å². The Bertz CT molecular complexity index is 1300. The molecule has 0 radical (unpaired) electrons. The zero-order valence-electron chi connectivity index (χ0n) is 16.7. The molecule has 0 aliphatic rings. The summed E-state index contributed by atoms with van der Waals surface area (Å²) >= 11 is 1.40. The number of fused-ring (bicyclic) bond motifs is 1. The number of nitrogens with zero attached hydrogens (tertiary/aromatic N) is 5. The number of halogens is 1. The predicted octanol–water partition coefficient (Wildman–Crippen LogP) is 2.33. The molecular weight excluding hydrogens is 419 g/mol. The van der Waals surface area contributed by atoms with Crippen LogP contribution in [-0.4, -0.2) is 43.0 Å². The highest BCUT2D eigenvalue weighted by atomic mass is 32.2. The molecule has 1 N–H and O–H groups in total. The number of rotatable bonds is 7. The molecule has 0 bridgehead atoms. The first-order valence-electron chi connectivity index (χ1n) is 9.49. The zero-order chi connectivity index (χ0) is 21.8. The minimum absolute atomic E-state index is 0.212. The highest BCUT2D eigenvalue weighted by molar-refractivity contribution is 7.98. The van der Waals surface area contributed by atoms with Crippen molar-refractivity contribution in [2.75, 3.05) is 12.8 Å². The second-order valence-electron chi connectivity index (χ2n) is 6.73. The maximum Gasteiger partial charge on any atom is 0.264 e. The Kier molecular flexibility index (Phi) is 6.08. The molecule has 0 aliphatic carbocycles. The van der Waals surface area contributed by atoms with E-state index in [1.165, 1.54) is 41.0 Å². The normalized spacial score (nSPS) is 11.0. The molecule has 8 nitrogen and oxygen atoms in total. The SMILES string of the molecule is CSc1ncccc1C(=O)NCCn1ncc2c(=O)n(Cc3cccc(F)c3)cnc21. The molecule has 0 unspecified atom stereocenters. The van der Waals surface area contributed by atoms with Crippen LogP contribution in [0.1, 0.15) is 15.9 Å². The lowest BCUT2D eigenvalue weighted by molar-refractivity contribution is 0.0948. The Morgan fingerprint density at radius 3 is 2.90 bits per heavy atom. The van der Waals surface area contributed by atoms with Crippen molar-refractivity contribution in [3.63, 3.8) is 0 Å². The van der Waals surface area contributed by atoms with Gasteiger partial charge in [-0.1, -0.05) is 12.1 Å². The minimum Gasteiger partial charge on any atom is -0.350 e. The number of benzene rings is 1. The third-order valence-electron chi connectivity index (χ3n) is 4.68. The van der Waals surface area contributed by atoms with Crippen LogP contribution < -0.4 is 10.9 Å². The Morgan fingerprint density at radius 2 is 2.10 bits per heavy atom. The summed E-state index contributed by atoms with van der Waals surface area (Å²) in [7, 11) is 0. The van der Waals surface area contributed by atoms with Crippen LogP contribution in [0.25, 0.3) is 11.0 Å². The molecule has 0 fully saturated rings. The molecule has 1 amide bonds. The van der Waals surface area contributed by atoms with E-state index in [9.17, 15) is 14.0 Å². The largest absolute Gasteiger partial charge is 0.350 e. The van der Waals surface area contributed by atoms with E-state index in [2.05, 4.69) is 20.4 Å². The third kappa shape index (κ3) is 4.48. The smallest absolute Gasteiger partial charge is 0.264 e. The van der Waals surface area contributed by atoms with E-state index in [1.54, 1.807) is 35.1 Å². The van der Waals surface area contributed by atoms with E-state index in [-0.39, 0.29) is 23.8 Å². The molecular formula is C21H19FN6O2S. The molecule has 158 valence electrons. The second-order valence-corrected chi connectivity index (χ2v) is 7.52. The molecule has 0 saturated carbocycles. The summed E-state index contributed by atoms with van der Waals surface area (Å²) in [5.41, 5.74) is 1.35. The number of hydrogen-bond donors (Lipinski definition) is 1. The molecule has 0 saturated heterocycles. The van der Waals surface area contributed by atoms with Crippen LogP contribution in [0.4, 0.5) is 4.39 Å². The summed E-state index contributed by atoms with van der Waals surface area (Å²) in [5.74, 6) is -0.579. The molecule has 1 aromatic carbocycles. The molecule has 0 spiro atoms. The van der Waals surface area contributed by atoms with Crippen molar-refractivity contribution in [2.45, 2.75) is 18.1 Å². The van der Waals surface area contributed by atoms with Gasteiger partial charge >= 0.3 is 0 Å². The summed E-state index contributed by atoms with van der Waals surface area (Å²) < 4.78 is 16.4. The van der Waals surface area contributed by atoms with Crippen LogP contribution in [0.2, 0.25) is 0 Å². The fourth-order valence-electron chi connectivity index (χ4n) is 3.20.